The van der Waals surface area contributed by atoms with Crippen molar-refractivity contribution in [3.8, 4) is 39.6 Å². The Morgan fingerprint density at radius 1 is 1.00 bits per heavy atom. The number of phenolic OH excluding ortho intramolecular Hbond substituents is 1. The summed E-state index contributed by atoms with van der Waals surface area (Å²) in [6.45, 7) is 2.27. The highest BCUT2D eigenvalue weighted by Crippen LogP contribution is 2.39. The van der Waals surface area contributed by atoms with Crippen molar-refractivity contribution < 1.29 is 14.6 Å². The molecule has 0 unspecified atom stereocenters. The zero-order valence-electron chi connectivity index (χ0n) is 16.6. The van der Waals surface area contributed by atoms with Gasteiger partial charge in [-0.1, -0.05) is 41.9 Å². The minimum Gasteiger partial charge on any atom is -0.507 e. The number of nitrogens with one attached hydrogen (secondary N) is 1. The molecule has 0 atom stereocenters. The summed E-state index contributed by atoms with van der Waals surface area (Å²) in [5.74, 6) is 1.42. The number of ether oxygens (including phenoxy) is 2. The van der Waals surface area contributed by atoms with Gasteiger partial charge in [0.05, 0.1) is 7.11 Å². The number of hydrogen-bond donors (Lipinski definition) is 2. The zero-order valence-corrected chi connectivity index (χ0v) is 17.4. The van der Waals surface area contributed by atoms with Crippen LogP contribution in [0.25, 0.3) is 22.4 Å². The number of aromatic hydroxyl groups is 1. The molecule has 5 nitrogen and oxygen atoms in total. The van der Waals surface area contributed by atoms with Gasteiger partial charge in [0.15, 0.2) is 0 Å². The summed E-state index contributed by atoms with van der Waals surface area (Å²) < 4.78 is 11.0. The molecule has 0 aliphatic carbocycles. The Morgan fingerprint density at radius 2 is 1.73 bits per heavy atom. The molecule has 0 amide bonds. The number of H-pyrrole nitrogens is 1. The number of nitrogens with zero attached hydrogens (tertiary/aromatic N) is 1. The van der Waals surface area contributed by atoms with Crippen molar-refractivity contribution in [1.82, 2.24) is 10.2 Å². The summed E-state index contributed by atoms with van der Waals surface area (Å²) in [6.07, 6.45) is 0. The van der Waals surface area contributed by atoms with Crippen LogP contribution in [-0.2, 0) is 6.61 Å². The summed E-state index contributed by atoms with van der Waals surface area (Å²) in [5.41, 5.74) is 5.00. The maximum absolute atomic E-state index is 10.7. The molecule has 6 heteroatoms. The Bertz CT molecular complexity index is 1170. The van der Waals surface area contributed by atoms with Gasteiger partial charge in [0, 0.05) is 33.5 Å². The van der Waals surface area contributed by atoms with Crippen molar-refractivity contribution in [3.63, 3.8) is 0 Å². The number of rotatable bonds is 6. The average Bonchev–Trinajstić information content (AvgIpc) is 3.14. The van der Waals surface area contributed by atoms with Crippen molar-refractivity contribution >= 4 is 11.6 Å². The Balaban J connectivity index is 1.61. The van der Waals surface area contributed by atoms with Crippen LogP contribution in [0.2, 0.25) is 5.02 Å². The van der Waals surface area contributed by atoms with Gasteiger partial charge in [-0.3, -0.25) is 5.10 Å². The van der Waals surface area contributed by atoms with Gasteiger partial charge in [0.1, 0.15) is 29.5 Å². The summed E-state index contributed by atoms with van der Waals surface area (Å²) in [5, 5.41) is 18.8. The second-order valence-electron chi connectivity index (χ2n) is 6.86. The van der Waals surface area contributed by atoms with E-state index in [2.05, 4.69) is 10.2 Å². The average molecular weight is 421 g/mol. The van der Waals surface area contributed by atoms with Crippen LogP contribution in [0.1, 0.15) is 11.3 Å². The van der Waals surface area contributed by atoms with Crippen molar-refractivity contribution in [3.05, 3.63) is 83.0 Å². The number of hydrogen-bond acceptors (Lipinski definition) is 4. The minimum atomic E-state index is 0.0907. The Labute approximate surface area is 179 Å². The topological polar surface area (TPSA) is 67.4 Å². The largest absolute Gasteiger partial charge is 0.507 e. The van der Waals surface area contributed by atoms with Crippen molar-refractivity contribution in [2.45, 2.75) is 13.5 Å². The molecule has 30 heavy (non-hydrogen) atoms. The first kappa shape index (κ1) is 19.9. The monoisotopic (exact) mass is 420 g/mol. The van der Waals surface area contributed by atoms with Gasteiger partial charge in [-0.25, -0.2) is 0 Å². The lowest BCUT2D eigenvalue weighted by Crippen LogP contribution is -1.96. The molecule has 0 radical (unpaired) electrons. The van der Waals surface area contributed by atoms with Gasteiger partial charge in [-0.05, 0) is 42.8 Å². The molecule has 0 saturated heterocycles. The predicted octanol–water partition coefficient (Wildman–Crippen LogP) is 6.00. The van der Waals surface area contributed by atoms with Crippen LogP contribution >= 0.6 is 11.6 Å². The molecule has 0 fully saturated rings. The van der Waals surface area contributed by atoms with Crippen LogP contribution in [0, 0.1) is 6.92 Å². The number of aromatic nitrogens is 2. The summed E-state index contributed by atoms with van der Waals surface area (Å²) in [6, 6.07) is 20.5. The normalized spacial score (nSPS) is 10.8. The summed E-state index contributed by atoms with van der Waals surface area (Å²) in [7, 11) is 1.64. The molecule has 3 aromatic carbocycles. The molecule has 0 spiro atoms. The second-order valence-corrected chi connectivity index (χ2v) is 7.27. The number of methoxy groups -OCH3 is 1. The van der Waals surface area contributed by atoms with E-state index in [0.717, 1.165) is 28.1 Å². The third-order valence-electron chi connectivity index (χ3n) is 4.90. The lowest BCUT2D eigenvalue weighted by molar-refractivity contribution is 0.304. The highest BCUT2D eigenvalue weighted by Gasteiger charge is 2.18. The van der Waals surface area contributed by atoms with Crippen LogP contribution in [-0.4, -0.2) is 22.4 Å². The first-order chi connectivity index (χ1) is 14.6. The van der Waals surface area contributed by atoms with Crippen LogP contribution < -0.4 is 9.47 Å². The second kappa shape index (κ2) is 8.51. The van der Waals surface area contributed by atoms with Gasteiger partial charge in [-0.15, -0.1) is 0 Å². The van der Waals surface area contributed by atoms with E-state index in [4.69, 9.17) is 21.1 Å². The Morgan fingerprint density at radius 3 is 2.43 bits per heavy atom. The Kier molecular flexibility index (Phi) is 5.63. The van der Waals surface area contributed by atoms with Gasteiger partial charge >= 0.3 is 0 Å². The lowest BCUT2D eigenvalue weighted by atomic mass is 9.98. The van der Waals surface area contributed by atoms with Crippen LogP contribution in [0.15, 0.2) is 66.7 Å². The fraction of sp³-hybridized carbons (Fsp3) is 0.125. The first-order valence-electron chi connectivity index (χ1n) is 9.46. The smallest absolute Gasteiger partial charge is 0.128 e. The molecule has 1 aromatic heterocycles. The van der Waals surface area contributed by atoms with E-state index < -0.39 is 0 Å². The summed E-state index contributed by atoms with van der Waals surface area (Å²) in [4.78, 5) is 0. The molecule has 152 valence electrons. The Hall–Kier alpha value is -3.44. The highest BCUT2D eigenvalue weighted by atomic mass is 35.5. The molecule has 4 aromatic rings. The van der Waals surface area contributed by atoms with E-state index >= 15 is 0 Å². The van der Waals surface area contributed by atoms with Crippen molar-refractivity contribution in [2.75, 3.05) is 7.11 Å². The fourth-order valence-electron chi connectivity index (χ4n) is 3.31. The number of phenols is 1. The lowest BCUT2D eigenvalue weighted by Gasteiger charge is -2.11. The zero-order chi connectivity index (χ0) is 21.1. The van der Waals surface area contributed by atoms with Crippen molar-refractivity contribution in [1.29, 1.82) is 0 Å². The highest BCUT2D eigenvalue weighted by molar-refractivity contribution is 6.31. The fourth-order valence-corrected chi connectivity index (χ4v) is 3.50. The van der Waals surface area contributed by atoms with E-state index in [-0.39, 0.29) is 5.75 Å². The van der Waals surface area contributed by atoms with E-state index in [1.807, 2.05) is 61.5 Å². The first-order valence-corrected chi connectivity index (χ1v) is 9.83. The van der Waals surface area contributed by atoms with E-state index in [0.29, 0.717) is 28.6 Å². The van der Waals surface area contributed by atoms with Gasteiger partial charge in [0.25, 0.3) is 0 Å². The maximum Gasteiger partial charge on any atom is 0.128 e. The van der Waals surface area contributed by atoms with E-state index in [9.17, 15) is 5.11 Å². The van der Waals surface area contributed by atoms with Gasteiger partial charge < -0.3 is 14.6 Å². The molecular formula is C24H21ClN2O3. The molecule has 0 bridgehead atoms. The molecule has 0 aliphatic rings. The van der Waals surface area contributed by atoms with Crippen LogP contribution in [0.5, 0.6) is 17.2 Å². The summed E-state index contributed by atoms with van der Waals surface area (Å²) >= 11 is 6.18. The molecule has 0 aliphatic heterocycles. The molecule has 1 heterocycles. The molecule has 0 saturated carbocycles. The van der Waals surface area contributed by atoms with Crippen molar-refractivity contribution in [2.24, 2.45) is 0 Å². The number of benzene rings is 3. The van der Waals surface area contributed by atoms with Crippen LogP contribution in [0.4, 0.5) is 0 Å². The van der Waals surface area contributed by atoms with Gasteiger partial charge in [0.2, 0.25) is 0 Å². The molecule has 4 rings (SSSR count). The number of aryl methyl sites for hydroxylation is 1. The van der Waals surface area contributed by atoms with E-state index in [1.165, 1.54) is 0 Å². The third kappa shape index (κ3) is 3.98. The number of halogens is 1. The minimum absolute atomic E-state index is 0.0907. The van der Waals surface area contributed by atoms with Crippen LogP contribution in [0.3, 0.4) is 0 Å². The third-order valence-corrected chi connectivity index (χ3v) is 5.27. The maximum atomic E-state index is 10.7. The standard InChI is InChI=1S/C24H21ClN2O3/c1-15-23(16-7-9-18(29-2)10-8-16)24(27-26-15)20-12-11-19(13-22(20)28)30-14-17-5-3-4-6-21(17)25/h3-13,28H,14H2,1-2H3,(H,26,27). The number of aromatic amines is 1. The molecular weight excluding hydrogens is 400 g/mol. The van der Waals surface area contributed by atoms with E-state index in [1.54, 1.807) is 19.2 Å². The predicted molar refractivity (Wildman–Crippen MR) is 118 cm³/mol. The quantitative estimate of drug-likeness (QED) is 0.401. The van der Waals surface area contributed by atoms with Gasteiger partial charge in [-0.2, -0.15) is 5.10 Å². The molecule has 2 N–H and O–H groups in total. The SMILES string of the molecule is COc1ccc(-c2c(-c3ccc(OCc4ccccc4Cl)cc3O)n[nH]c2C)cc1.